The van der Waals surface area contributed by atoms with Crippen molar-refractivity contribution < 1.29 is 0 Å². The van der Waals surface area contributed by atoms with E-state index in [1.54, 1.807) is 7.05 Å². The second-order valence-corrected chi connectivity index (χ2v) is 8.20. The Hall–Kier alpha value is -1.26. The Morgan fingerprint density at radius 1 is 0.900 bits per heavy atom. The lowest BCUT2D eigenvalue weighted by Crippen LogP contribution is -3.01. The first-order valence-corrected chi connectivity index (χ1v) is 8.08. The van der Waals surface area contributed by atoms with Gasteiger partial charge in [0.1, 0.15) is 0 Å². The highest BCUT2D eigenvalue weighted by Crippen LogP contribution is 3.04. The van der Waals surface area contributed by atoms with Gasteiger partial charge in [0.05, 0.1) is 12.1 Å². The van der Waals surface area contributed by atoms with E-state index < -0.39 is 0 Å². The Morgan fingerprint density at radius 3 is 1.80 bits per heavy atom. The predicted molar refractivity (Wildman–Crippen MR) is 69.3 cm³/mol. The summed E-state index contributed by atoms with van der Waals surface area (Å²) in [7, 11) is 1.64. The van der Waals surface area contributed by atoms with E-state index in [2.05, 4.69) is 0 Å². The van der Waals surface area contributed by atoms with Crippen molar-refractivity contribution in [3.05, 3.63) is 21.0 Å². The van der Waals surface area contributed by atoms with Crippen molar-refractivity contribution in [2.45, 2.75) is 37.8 Å². The molecular formula is C15H17N3O2. The Morgan fingerprint density at radius 2 is 1.35 bits per heavy atom. The van der Waals surface area contributed by atoms with Gasteiger partial charge in [0.25, 0.3) is 0 Å². The number of aromatic nitrogens is 3. The molecule has 5 nitrogen and oxygen atoms in total. The van der Waals surface area contributed by atoms with Gasteiger partial charge < -0.3 is 0 Å². The van der Waals surface area contributed by atoms with Crippen molar-refractivity contribution in [3.63, 3.8) is 0 Å². The summed E-state index contributed by atoms with van der Waals surface area (Å²) in [5.74, 6) is 3.32. The quantitative estimate of drug-likeness (QED) is 0.690. The van der Waals surface area contributed by atoms with E-state index in [1.165, 1.54) is 30.3 Å². The highest BCUT2D eigenvalue weighted by Gasteiger charge is 3.02. The van der Waals surface area contributed by atoms with Gasteiger partial charge in [-0.05, 0) is 36.5 Å². The number of hydrogen-bond donors (Lipinski definition) is 0. The van der Waals surface area contributed by atoms with E-state index in [0.29, 0.717) is 22.9 Å². The lowest BCUT2D eigenvalue weighted by Gasteiger charge is -3.02. The molecule has 0 amide bonds. The summed E-state index contributed by atoms with van der Waals surface area (Å²) in [6, 6.07) is 0.739. The third kappa shape index (κ3) is 0.482. The second kappa shape index (κ2) is 2.18. The minimum atomic E-state index is -0.0641. The molecule has 8 atom stereocenters. The molecular weight excluding hydrogens is 254 g/mol. The minimum absolute atomic E-state index is 0.0641. The van der Waals surface area contributed by atoms with E-state index in [0.717, 1.165) is 23.7 Å². The predicted octanol–water partition coefficient (Wildman–Crippen LogP) is 0.510. The summed E-state index contributed by atoms with van der Waals surface area (Å²) in [4.78, 5) is 25.0. The third-order valence-corrected chi connectivity index (χ3v) is 8.66. The molecule has 20 heavy (non-hydrogen) atoms. The van der Waals surface area contributed by atoms with Crippen molar-refractivity contribution in [2.24, 2.45) is 41.5 Å². The van der Waals surface area contributed by atoms with Crippen LogP contribution in [0.25, 0.3) is 0 Å². The van der Waals surface area contributed by atoms with Gasteiger partial charge in [0.15, 0.2) is 0 Å². The maximum atomic E-state index is 12.5. The molecule has 8 rings (SSSR count). The lowest BCUT2D eigenvalue weighted by molar-refractivity contribution is -0.559. The molecule has 2 spiro atoms. The first kappa shape index (κ1) is 9.64. The average molecular weight is 271 g/mol. The summed E-state index contributed by atoms with van der Waals surface area (Å²) in [5.41, 5.74) is 0.728. The lowest BCUT2D eigenvalue weighted by atomic mass is 9.04. The normalized spacial score (nSPS) is 61.2. The third-order valence-electron chi connectivity index (χ3n) is 8.66. The van der Waals surface area contributed by atoms with Crippen molar-refractivity contribution >= 4 is 0 Å². The SMILES string of the molecule is Cn1c(=O)n2n(c1=O)[C@@H]1[C@H]3[C@@H]4[C@@H]5[C@H]3[C@]13CCCC[C@@]53[C@@H]42. The van der Waals surface area contributed by atoms with Crippen LogP contribution in [0.1, 0.15) is 37.8 Å². The highest BCUT2D eigenvalue weighted by molar-refractivity contribution is 5.48. The molecule has 5 fully saturated rings. The molecule has 1 aromatic heterocycles. The number of rotatable bonds is 0. The average Bonchev–Trinajstić information content (AvgIpc) is 2.64. The molecule has 0 N–H and O–H groups in total. The van der Waals surface area contributed by atoms with Gasteiger partial charge in [-0.1, -0.05) is 12.8 Å². The largest absolute Gasteiger partial charge is 0.347 e. The number of hydrogen-bond acceptors (Lipinski definition) is 2. The smallest absolute Gasteiger partial charge is 0.246 e. The summed E-state index contributed by atoms with van der Waals surface area (Å²) < 4.78 is 5.12. The van der Waals surface area contributed by atoms with Crippen molar-refractivity contribution in [3.8, 4) is 0 Å². The molecule has 2 aliphatic heterocycles. The van der Waals surface area contributed by atoms with Crippen LogP contribution in [0.15, 0.2) is 9.59 Å². The number of nitrogens with zero attached hydrogens (tertiary/aromatic N) is 3. The fourth-order valence-corrected chi connectivity index (χ4v) is 8.64. The van der Waals surface area contributed by atoms with Gasteiger partial charge in [-0.2, -0.15) is 0 Å². The molecule has 0 radical (unpaired) electrons. The molecule has 1 aromatic rings. The van der Waals surface area contributed by atoms with Crippen LogP contribution in [0, 0.1) is 34.5 Å². The molecule has 7 aliphatic rings. The van der Waals surface area contributed by atoms with Gasteiger partial charge in [0, 0.05) is 17.9 Å². The Bertz CT molecular complexity index is 779. The van der Waals surface area contributed by atoms with Gasteiger partial charge in [-0.3, -0.25) is 0 Å². The van der Waals surface area contributed by atoms with Crippen LogP contribution in [0.2, 0.25) is 0 Å². The van der Waals surface area contributed by atoms with Crippen LogP contribution in [0.4, 0.5) is 0 Å². The fourth-order valence-electron chi connectivity index (χ4n) is 8.64. The molecule has 0 aromatic carbocycles. The Labute approximate surface area is 115 Å². The highest BCUT2D eigenvalue weighted by atomic mass is 16.2. The van der Waals surface area contributed by atoms with Gasteiger partial charge in [-0.25, -0.2) is 23.5 Å². The first-order valence-electron chi connectivity index (χ1n) is 8.08. The van der Waals surface area contributed by atoms with E-state index >= 15 is 0 Å². The van der Waals surface area contributed by atoms with Crippen molar-refractivity contribution in [1.29, 1.82) is 0 Å². The molecule has 5 aliphatic carbocycles. The Balaban J connectivity index is 1.65. The standard InChI is InChI=1S/C15H17N3O2/c1-16-12(19)17-10-6-7-9-8(6)14(10)4-2-3-5-15(9,14)11(7)18(17)13(16)20/h6-11H,2-5H2,1H3/t6-,7+,8-,9+,10-,11-,14+,15-/m1/s1. The molecule has 104 valence electrons. The summed E-state index contributed by atoms with van der Waals surface area (Å²) in [6.07, 6.45) is 5.29. The van der Waals surface area contributed by atoms with E-state index in [4.69, 9.17) is 0 Å². The summed E-state index contributed by atoms with van der Waals surface area (Å²) in [6.45, 7) is 0. The van der Waals surface area contributed by atoms with Gasteiger partial charge in [0.2, 0.25) is 0 Å². The van der Waals surface area contributed by atoms with Crippen LogP contribution in [0.3, 0.4) is 0 Å². The molecule has 2 bridgehead atoms. The van der Waals surface area contributed by atoms with E-state index in [9.17, 15) is 9.59 Å². The maximum absolute atomic E-state index is 12.5. The second-order valence-electron chi connectivity index (χ2n) is 8.20. The maximum Gasteiger partial charge on any atom is 0.347 e. The van der Waals surface area contributed by atoms with Crippen molar-refractivity contribution in [2.75, 3.05) is 0 Å². The van der Waals surface area contributed by atoms with Crippen LogP contribution >= 0.6 is 0 Å². The van der Waals surface area contributed by atoms with E-state index in [1.807, 2.05) is 9.36 Å². The van der Waals surface area contributed by atoms with Gasteiger partial charge >= 0.3 is 11.4 Å². The Kier molecular flexibility index (Phi) is 1.05. The molecule has 0 saturated heterocycles. The van der Waals surface area contributed by atoms with Crippen molar-refractivity contribution in [1.82, 2.24) is 13.9 Å². The zero-order valence-electron chi connectivity index (χ0n) is 11.5. The fraction of sp³-hybridized carbons (Fsp3) is 0.867. The van der Waals surface area contributed by atoms with Crippen LogP contribution in [0.5, 0.6) is 0 Å². The zero-order chi connectivity index (χ0) is 13.2. The molecule has 5 saturated carbocycles. The van der Waals surface area contributed by atoms with E-state index in [-0.39, 0.29) is 11.4 Å². The summed E-state index contributed by atoms with van der Waals surface area (Å²) >= 11 is 0. The van der Waals surface area contributed by atoms with Gasteiger partial charge in [-0.15, -0.1) is 0 Å². The summed E-state index contributed by atoms with van der Waals surface area (Å²) in [5, 5.41) is 0. The first-order chi connectivity index (χ1) is 9.68. The van der Waals surface area contributed by atoms with Crippen LogP contribution in [-0.4, -0.2) is 13.9 Å². The molecule has 0 unspecified atom stereocenters. The minimum Gasteiger partial charge on any atom is -0.246 e. The zero-order valence-corrected chi connectivity index (χ0v) is 11.5. The monoisotopic (exact) mass is 271 g/mol. The van der Waals surface area contributed by atoms with Crippen LogP contribution < -0.4 is 11.4 Å². The molecule has 5 heteroatoms. The molecule has 3 heterocycles. The topological polar surface area (TPSA) is 48.9 Å². The van der Waals surface area contributed by atoms with Crippen LogP contribution in [-0.2, 0) is 7.05 Å².